The molecule has 1 atom stereocenters. The number of cyclic esters (lactones) is 1. The number of nitrogens with zero attached hydrogens (tertiary/aromatic N) is 1. The number of H-pyrrole nitrogens is 1. The van der Waals surface area contributed by atoms with E-state index in [-0.39, 0.29) is 12.1 Å². The molecule has 1 unspecified atom stereocenters. The average Bonchev–Trinajstić information content (AvgIpc) is 2.58. The normalized spacial score (nSPS) is 22.1. The molecule has 5 nitrogen and oxygen atoms in total. The van der Waals surface area contributed by atoms with Crippen molar-refractivity contribution >= 4 is 6.09 Å². The number of carbonyl (C=O) groups excluding carboxylic acids is 1. The molecule has 1 aromatic rings. The predicted molar refractivity (Wildman–Crippen MR) is 40.5 cm³/mol. The van der Waals surface area contributed by atoms with Gasteiger partial charge >= 0.3 is 6.09 Å². The van der Waals surface area contributed by atoms with E-state index >= 15 is 0 Å². The summed E-state index contributed by atoms with van der Waals surface area (Å²) in [4.78, 5) is 10.7. The SMILES string of the molecule is Cc1cc(C2COC(=O)N2)n[nH]1. The van der Waals surface area contributed by atoms with E-state index in [4.69, 9.17) is 4.74 Å². The molecule has 1 saturated heterocycles. The number of hydrogen-bond donors (Lipinski definition) is 2. The van der Waals surface area contributed by atoms with E-state index in [2.05, 4.69) is 15.5 Å². The lowest BCUT2D eigenvalue weighted by Gasteiger charge is -1.99. The van der Waals surface area contributed by atoms with Gasteiger partial charge < -0.3 is 10.1 Å². The third kappa shape index (κ3) is 1.13. The van der Waals surface area contributed by atoms with Crippen LogP contribution in [-0.2, 0) is 4.74 Å². The summed E-state index contributed by atoms with van der Waals surface area (Å²) in [5.74, 6) is 0. The van der Waals surface area contributed by atoms with Gasteiger partial charge in [0, 0.05) is 5.69 Å². The second-order valence-corrected chi connectivity index (χ2v) is 2.77. The molecule has 2 heterocycles. The molecular weight excluding hydrogens is 158 g/mol. The number of aromatic amines is 1. The lowest BCUT2D eigenvalue weighted by atomic mass is 10.2. The summed E-state index contributed by atoms with van der Waals surface area (Å²) in [5, 5.41) is 9.46. The Morgan fingerprint density at radius 2 is 2.58 bits per heavy atom. The van der Waals surface area contributed by atoms with Crippen molar-refractivity contribution in [3.63, 3.8) is 0 Å². The molecular formula is C7H9N3O2. The molecule has 12 heavy (non-hydrogen) atoms. The predicted octanol–water partition coefficient (Wildman–Crippen LogP) is 0.499. The fourth-order valence-corrected chi connectivity index (χ4v) is 1.16. The van der Waals surface area contributed by atoms with Gasteiger partial charge in [-0.05, 0) is 13.0 Å². The lowest BCUT2D eigenvalue weighted by Crippen LogP contribution is -2.18. The van der Waals surface area contributed by atoms with Crippen molar-refractivity contribution in [1.29, 1.82) is 0 Å². The Labute approximate surface area is 69.1 Å². The minimum atomic E-state index is -0.374. The molecule has 1 fully saturated rings. The number of hydrogen-bond acceptors (Lipinski definition) is 3. The van der Waals surface area contributed by atoms with Crippen molar-refractivity contribution in [2.24, 2.45) is 0 Å². The summed E-state index contributed by atoms with van der Waals surface area (Å²) in [6.45, 7) is 2.28. The van der Waals surface area contributed by atoms with Crippen LogP contribution in [-0.4, -0.2) is 22.9 Å². The van der Waals surface area contributed by atoms with Gasteiger partial charge in [0.15, 0.2) is 0 Å². The van der Waals surface area contributed by atoms with E-state index in [0.717, 1.165) is 11.4 Å². The van der Waals surface area contributed by atoms with Gasteiger partial charge in [-0.1, -0.05) is 0 Å². The molecule has 1 aromatic heterocycles. The molecule has 5 heteroatoms. The van der Waals surface area contributed by atoms with Crippen LogP contribution in [0.5, 0.6) is 0 Å². The van der Waals surface area contributed by atoms with Crippen LogP contribution in [0.1, 0.15) is 17.4 Å². The third-order valence-electron chi connectivity index (χ3n) is 1.76. The van der Waals surface area contributed by atoms with Gasteiger partial charge in [-0.15, -0.1) is 0 Å². The average molecular weight is 167 g/mol. The first-order valence-corrected chi connectivity index (χ1v) is 3.71. The Kier molecular flexibility index (Phi) is 1.49. The molecule has 2 rings (SSSR count). The summed E-state index contributed by atoms with van der Waals surface area (Å²) in [6.07, 6.45) is -0.374. The Morgan fingerprint density at radius 3 is 3.08 bits per heavy atom. The standard InChI is InChI=1S/C7H9N3O2/c1-4-2-5(10-9-4)6-3-12-7(11)8-6/h2,6H,3H2,1H3,(H,8,11)(H,9,10). The minimum Gasteiger partial charge on any atom is -0.447 e. The van der Waals surface area contributed by atoms with Crippen molar-refractivity contribution in [2.75, 3.05) is 6.61 Å². The fraction of sp³-hybridized carbons (Fsp3) is 0.429. The monoisotopic (exact) mass is 167 g/mol. The fourth-order valence-electron chi connectivity index (χ4n) is 1.16. The van der Waals surface area contributed by atoms with E-state index in [1.807, 2.05) is 13.0 Å². The molecule has 0 saturated carbocycles. The topological polar surface area (TPSA) is 67.0 Å². The first-order chi connectivity index (χ1) is 5.75. The van der Waals surface area contributed by atoms with Crippen LogP contribution >= 0.6 is 0 Å². The summed E-state index contributed by atoms with van der Waals surface area (Å²) >= 11 is 0. The molecule has 0 aliphatic carbocycles. The zero-order valence-electron chi connectivity index (χ0n) is 6.63. The number of alkyl carbamates (subject to hydrolysis) is 1. The second kappa shape index (κ2) is 2.51. The second-order valence-electron chi connectivity index (χ2n) is 2.77. The molecule has 0 bridgehead atoms. The zero-order valence-corrected chi connectivity index (χ0v) is 6.63. The van der Waals surface area contributed by atoms with Gasteiger partial charge in [0.25, 0.3) is 0 Å². The Hall–Kier alpha value is -1.52. The highest BCUT2D eigenvalue weighted by Crippen LogP contribution is 2.15. The van der Waals surface area contributed by atoms with Crippen LogP contribution in [0.15, 0.2) is 6.07 Å². The van der Waals surface area contributed by atoms with E-state index in [9.17, 15) is 4.79 Å². The quantitative estimate of drug-likeness (QED) is 0.640. The first-order valence-electron chi connectivity index (χ1n) is 3.71. The van der Waals surface area contributed by atoms with Gasteiger partial charge in [-0.25, -0.2) is 4.79 Å². The summed E-state index contributed by atoms with van der Waals surface area (Å²) < 4.78 is 4.73. The molecule has 0 aromatic carbocycles. The van der Waals surface area contributed by atoms with E-state index in [1.165, 1.54) is 0 Å². The van der Waals surface area contributed by atoms with Gasteiger partial charge in [0.2, 0.25) is 0 Å². The van der Waals surface area contributed by atoms with E-state index in [1.54, 1.807) is 0 Å². The molecule has 1 aliphatic heterocycles. The lowest BCUT2D eigenvalue weighted by molar-refractivity contribution is 0.177. The minimum absolute atomic E-state index is 0.0950. The molecule has 1 aliphatic rings. The van der Waals surface area contributed by atoms with Crippen molar-refractivity contribution in [1.82, 2.24) is 15.5 Å². The highest BCUT2D eigenvalue weighted by molar-refractivity contribution is 5.69. The summed E-state index contributed by atoms with van der Waals surface area (Å²) in [5.41, 5.74) is 1.80. The number of amides is 1. The van der Waals surface area contributed by atoms with Crippen LogP contribution in [0.3, 0.4) is 0 Å². The number of aryl methyl sites for hydroxylation is 1. The first kappa shape index (κ1) is 7.15. The Bertz CT molecular complexity index is 307. The van der Waals surface area contributed by atoms with Crippen molar-refractivity contribution in [2.45, 2.75) is 13.0 Å². The molecule has 2 N–H and O–H groups in total. The molecule has 0 radical (unpaired) electrons. The number of nitrogens with one attached hydrogen (secondary N) is 2. The zero-order chi connectivity index (χ0) is 8.55. The van der Waals surface area contributed by atoms with Gasteiger partial charge in [-0.2, -0.15) is 5.10 Å². The number of ether oxygens (including phenoxy) is 1. The van der Waals surface area contributed by atoms with Crippen LogP contribution in [0.25, 0.3) is 0 Å². The van der Waals surface area contributed by atoms with Crippen molar-refractivity contribution < 1.29 is 9.53 Å². The van der Waals surface area contributed by atoms with E-state index < -0.39 is 0 Å². The molecule has 0 spiro atoms. The number of carbonyl (C=O) groups is 1. The van der Waals surface area contributed by atoms with Crippen LogP contribution < -0.4 is 5.32 Å². The smallest absolute Gasteiger partial charge is 0.407 e. The molecule has 1 amide bonds. The summed E-state index contributed by atoms with van der Waals surface area (Å²) in [6, 6.07) is 1.79. The van der Waals surface area contributed by atoms with Gasteiger partial charge in [0.05, 0.1) is 5.69 Å². The Balaban J connectivity index is 2.15. The Morgan fingerprint density at radius 1 is 1.75 bits per heavy atom. The highest BCUT2D eigenvalue weighted by Gasteiger charge is 2.25. The number of rotatable bonds is 1. The van der Waals surface area contributed by atoms with Crippen LogP contribution in [0.2, 0.25) is 0 Å². The maximum Gasteiger partial charge on any atom is 0.407 e. The molecule has 64 valence electrons. The number of aromatic nitrogens is 2. The highest BCUT2D eigenvalue weighted by atomic mass is 16.6. The van der Waals surface area contributed by atoms with Gasteiger partial charge in [-0.3, -0.25) is 5.10 Å². The summed E-state index contributed by atoms with van der Waals surface area (Å²) in [7, 11) is 0. The van der Waals surface area contributed by atoms with Crippen molar-refractivity contribution in [3.05, 3.63) is 17.5 Å². The maximum atomic E-state index is 10.7. The van der Waals surface area contributed by atoms with Crippen LogP contribution in [0, 0.1) is 6.92 Å². The van der Waals surface area contributed by atoms with E-state index in [0.29, 0.717) is 6.61 Å². The third-order valence-corrected chi connectivity index (χ3v) is 1.76. The van der Waals surface area contributed by atoms with Crippen molar-refractivity contribution in [3.8, 4) is 0 Å². The largest absolute Gasteiger partial charge is 0.447 e. The maximum absolute atomic E-state index is 10.7. The van der Waals surface area contributed by atoms with Crippen LogP contribution in [0.4, 0.5) is 4.79 Å². The van der Waals surface area contributed by atoms with Gasteiger partial charge in [0.1, 0.15) is 12.6 Å².